The third-order valence-corrected chi connectivity index (χ3v) is 5.78. The zero-order valence-electron chi connectivity index (χ0n) is 20.8. The van der Waals surface area contributed by atoms with Crippen LogP contribution >= 0.6 is 0 Å². The summed E-state index contributed by atoms with van der Waals surface area (Å²) in [5.41, 5.74) is 0.345. The summed E-state index contributed by atoms with van der Waals surface area (Å²) in [6.07, 6.45) is 0. The number of benzene rings is 1. The van der Waals surface area contributed by atoms with Gasteiger partial charge in [-0.3, -0.25) is 19.3 Å². The highest BCUT2D eigenvalue weighted by molar-refractivity contribution is 5.98. The molecule has 190 valence electrons. The number of ether oxygens (including phenoxy) is 2. The highest BCUT2D eigenvalue weighted by atomic mass is 16.5. The second-order valence-corrected chi connectivity index (χ2v) is 8.77. The molecule has 0 aliphatic carbocycles. The van der Waals surface area contributed by atoms with Crippen molar-refractivity contribution >= 4 is 23.5 Å². The van der Waals surface area contributed by atoms with Crippen molar-refractivity contribution in [3.05, 3.63) is 35.6 Å². The Bertz CT molecular complexity index is 1020. The molecule has 1 aromatic heterocycles. The Morgan fingerprint density at radius 3 is 2.17 bits per heavy atom. The summed E-state index contributed by atoms with van der Waals surface area (Å²) in [6.45, 7) is 7.73. The van der Waals surface area contributed by atoms with Gasteiger partial charge in [0.25, 0.3) is 5.91 Å². The molecule has 1 aliphatic heterocycles. The first-order valence-corrected chi connectivity index (χ1v) is 11.5. The lowest BCUT2D eigenvalue weighted by atomic mass is 10.0. The molecule has 2 heterocycles. The van der Waals surface area contributed by atoms with Crippen LogP contribution in [0.4, 0.5) is 5.82 Å². The second-order valence-electron chi connectivity index (χ2n) is 8.77. The SMILES string of the molecule is COc1cc(OC)cc(C(=O)N[C@H](C(=O)N2CCN(CC(=O)Nc3cc(C)on3)CC2)C(C)C)c1. The number of aryl methyl sites for hydroxylation is 1. The molecular weight excluding hydrogens is 454 g/mol. The van der Waals surface area contributed by atoms with E-state index in [1.54, 1.807) is 36.1 Å². The maximum atomic E-state index is 13.3. The van der Waals surface area contributed by atoms with Crippen LogP contribution < -0.4 is 20.1 Å². The van der Waals surface area contributed by atoms with Crippen molar-refractivity contribution in [3.63, 3.8) is 0 Å². The molecule has 0 bridgehead atoms. The van der Waals surface area contributed by atoms with Crippen molar-refractivity contribution in [2.75, 3.05) is 52.3 Å². The van der Waals surface area contributed by atoms with Crippen LogP contribution in [0.5, 0.6) is 11.5 Å². The number of amides is 3. The van der Waals surface area contributed by atoms with Gasteiger partial charge in [0.05, 0.1) is 20.8 Å². The minimum Gasteiger partial charge on any atom is -0.497 e. The van der Waals surface area contributed by atoms with Crippen LogP contribution in [0.3, 0.4) is 0 Å². The second kappa shape index (κ2) is 11.7. The molecule has 1 atom stereocenters. The van der Waals surface area contributed by atoms with Gasteiger partial charge in [-0.15, -0.1) is 0 Å². The topological polar surface area (TPSA) is 126 Å². The van der Waals surface area contributed by atoms with Crippen molar-refractivity contribution in [3.8, 4) is 11.5 Å². The molecule has 0 spiro atoms. The fraction of sp³-hybridized carbons (Fsp3) is 0.500. The number of carbonyl (C=O) groups is 3. The third kappa shape index (κ3) is 6.95. The minimum atomic E-state index is -0.690. The molecule has 0 unspecified atom stereocenters. The first-order chi connectivity index (χ1) is 16.7. The zero-order valence-corrected chi connectivity index (χ0v) is 20.8. The molecular formula is C24H33N5O6. The first-order valence-electron chi connectivity index (χ1n) is 11.5. The quantitative estimate of drug-likeness (QED) is 0.546. The van der Waals surface area contributed by atoms with Crippen LogP contribution in [0.2, 0.25) is 0 Å². The Morgan fingerprint density at radius 2 is 1.66 bits per heavy atom. The average molecular weight is 488 g/mol. The van der Waals surface area contributed by atoms with Crippen LogP contribution in [0.15, 0.2) is 28.8 Å². The third-order valence-electron chi connectivity index (χ3n) is 5.78. The van der Waals surface area contributed by atoms with Crippen LogP contribution in [-0.2, 0) is 9.59 Å². The lowest BCUT2D eigenvalue weighted by Crippen LogP contribution is -2.57. The van der Waals surface area contributed by atoms with E-state index in [1.807, 2.05) is 18.7 Å². The molecule has 3 rings (SSSR count). The number of carbonyl (C=O) groups excluding carboxylic acids is 3. The van der Waals surface area contributed by atoms with Gasteiger partial charge in [-0.1, -0.05) is 19.0 Å². The van der Waals surface area contributed by atoms with E-state index in [1.165, 1.54) is 14.2 Å². The highest BCUT2D eigenvalue weighted by Crippen LogP contribution is 2.23. The van der Waals surface area contributed by atoms with Gasteiger partial charge in [0.2, 0.25) is 11.8 Å². The number of anilines is 1. The maximum absolute atomic E-state index is 13.3. The standard InChI is InChI=1S/C24H33N5O6/c1-15(2)22(26-23(31)17-11-18(33-4)13-19(12-17)34-5)24(32)29-8-6-28(7-9-29)14-21(30)25-20-10-16(3)35-27-20/h10-13,15,22H,6-9,14H2,1-5H3,(H,26,31)(H,25,27,30)/t22-/m0/s1. The fourth-order valence-electron chi connectivity index (χ4n) is 3.81. The summed E-state index contributed by atoms with van der Waals surface area (Å²) in [5, 5.41) is 9.33. The van der Waals surface area contributed by atoms with Gasteiger partial charge in [-0.25, -0.2) is 0 Å². The molecule has 11 heteroatoms. The number of hydrogen-bond donors (Lipinski definition) is 2. The van der Waals surface area contributed by atoms with Crippen molar-refractivity contribution in [1.29, 1.82) is 0 Å². The Hall–Kier alpha value is -3.60. The molecule has 1 fully saturated rings. The number of hydrogen-bond acceptors (Lipinski definition) is 8. The number of aromatic nitrogens is 1. The highest BCUT2D eigenvalue weighted by Gasteiger charge is 2.31. The van der Waals surface area contributed by atoms with Gasteiger partial charge in [-0.05, 0) is 25.0 Å². The summed E-state index contributed by atoms with van der Waals surface area (Å²) < 4.78 is 15.4. The summed E-state index contributed by atoms with van der Waals surface area (Å²) in [7, 11) is 3.02. The van der Waals surface area contributed by atoms with Crippen LogP contribution in [0, 0.1) is 12.8 Å². The zero-order chi connectivity index (χ0) is 25.5. The maximum Gasteiger partial charge on any atom is 0.252 e. The average Bonchev–Trinajstić information content (AvgIpc) is 3.25. The number of nitrogens with zero attached hydrogens (tertiary/aromatic N) is 3. The Labute approximate surface area is 204 Å². The molecule has 35 heavy (non-hydrogen) atoms. The number of methoxy groups -OCH3 is 2. The molecule has 1 aromatic carbocycles. The molecule has 0 saturated carbocycles. The van der Waals surface area contributed by atoms with Gasteiger partial charge in [-0.2, -0.15) is 0 Å². The van der Waals surface area contributed by atoms with E-state index in [0.29, 0.717) is 54.8 Å². The molecule has 3 amide bonds. The monoisotopic (exact) mass is 487 g/mol. The number of rotatable bonds is 9. The predicted octanol–water partition coefficient (Wildman–Crippen LogP) is 1.54. The van der Waals surface area contributed by atoms with E-state index < -0.39 is 6.04 Å². The van der Waals surface area contributed by atoms with E-state index in [9.17, 15) is 14.4 Å². The number of piperazine rings is 1. The smallest absolute Gasteiger partial charge is 0.252 e. The lowest BCUT2D eigenvalue weighted by Gasteiger charge is -2.37. The summed E-state index contributed by atoms with van der Waals surface area (Å²) in [6, 6.07) is 5.84. The summed E-state index contributed by atoms with van der Waals surface area (Å²) >= 11 is 0. The minimum absolute atomic E-state index is 0.117. The Balaban J connectivity index is 1.56. The Morgan fingerprint density at radius 1 is 1.03 bits per heavy atom. The van der Waals surface area contributed by atoms with Crippen molar-refractivity contribution in [2.24, 2.45) is 5.92 Å². The van der Waals surface area contributed by atoms with Crippen molar-refractivity contribution in [1.82, 2.24) is 20.3 Å². The van der Waals surface area contributed by atoms with Gasteiger partial charge in [0, 0.05) is 43.9 Å². The van der Waals surface area contributed by atoms with E-state index in [4.69, 9.17) is 14.0 Å². The van der Waals surface area contributed by atoms with Crippen LogP contribution in [0.1, 0.15) is 30.0 Å². The van der Waals surface area contributed by atoms with E-state index in [-0.39, 0.29) is 30.2 Å². The van der Waals surface area contributed by atoms with Gasteiger partial charge >= 0.3 is 0 Å². The Kier molecular flexibility index (Phi) is 8.69. The molecule has 0 radical (unpaired) electrons. The van der Waals surface area contributed by atoms with Crippen molar-refractivity contribution in [2.45, 2.75) is 26.8 Å². The largest absolute Gasteiger partial charge is 0.497 e. The van der Waals surface area contributed by atoms with Crippen molar-refractivity contribution < 1.29 is 28.4 Å². The van der Waals surface area contributed by atoms with Gasteiger partial charge in [0.1, 0.15) is 23.3 Å². The molecule has 2 aromatic rings. The normalized spacial score (nSPS) is 15.0. The van der Waals surface area contributed by atoms with Gasteiger partial charge < -0.3 is 29.5 Å². The van der Waals surface area contributed by atoms with E-state index >= 15 is 0 Å². The van der Waals surface area contributed by atoms with Gasteiger partial charge in [0.15, 0.2) is 5.82 Å². The van der Waals surface area contributed by atoms with E-state index in [2.05, 4.69) is 15.8 Å². The molecule has 2 N–H and O–H groups in total. The first kappa shape index (κ1) is 26.0. The summed E-state index contributed by atoms with van der Waals surface area (Å²) in [4.78, 5) is 42.2. The van der Waals surface area contributed by atoms with E-state index in [0.717, 1.165) is 0 Å². The number of nitrogens with one attached hydrogen (secondary N) is 2. The van der Waals surface area contributed by atoms with Crippen LogP contribution in [-0.4, -0.2) is 85.7 Å². The lowest BCUT2D eigenvalue weighted by molar-refractivity contribution is -0.136. The predicted molar refractivity (Wildman–Crippen MR) is 129 cm³/mol. The molecule has 1 saturated heterocycles. The fourth-order valence-corrected chi connectivity index (χ4v) is 3.81. The molecule has 1 aliphatic rings. The molecule has 11 nitrogen and oxygen atoms in total. The summed E-state index contributed by atoms with van der Waals surface area (Å²) in [5.74, 6) is 1.13. The van der Waals surface area contributed by atoms with Crippen LogP contribution in [0.25, 0.3) is 0 Å².